The Kier molecular flexibility index (Phi) is 7.90. The van der Waals surface area contributed by atoms with Gasteiger partial charge in [0.25, 0.3) is 11.8 Å². The number of carbonyl (C=O) groups is 2. The minimum atomic E-state index is -0.432. The summed E-state index contributed by atoms with van der Waals surface area (Å²) < 4.78 is 19.1. The average molecular weight is 482 g/mol. The van der Waals surface area contributed by atoms with E-state index in [2.05, 4.69) is 22.5 Å². The lowest BCUT2D eigenvalue weighted by atomic mass is 9.91. The molecule has 1 saturated carbocycles. The Balaban J connectivity index is 1.21. The average Bonchev–Trinajstić information content (AvgIpc) is 3.34. The van der Waals surface area contributed by atoms with Gasteiger partial charge in [-0.1, -0.05) is 31.2 Å². The van der Waals surface area contributed by atoms with Crippen molar-refractivity contribution in [2.45, 2.75) is 57.7 Å². The highest BCUT2D eigenvalue weighted by atomic mass is 32.1. The van der Waals surface area contributed by atoms with Crippen molar-refractivity contribution < 1.29 is 18.7 Å². The van der Waals surface area contributed by atoms with Crippen LogP contribution in [-0.4, -0.2) is 28.9 Å². The number of benzene rings is 2. The molecule has 1 aliphatic rings. The number of aryl methyl sites for hydroxylation is 1. The number of rotatable bonds is 8. The van der Waals surface area contributed by atoms with E-state index in [4.69, 9.17) is 4.74 Å². The van der Waals surface area contributed by atoms with Crippen molar-refractivity contribution in [3.8, 4) is 5.75 Å². The van der Waals surface area contributed by atoms with Crippen molar-refractivity contribution in [1.29, 1.82) is 0 Å². The Labute approximate surface area is 202 Å². The normalized spacial score (nSPS) is 17.7. The van der Waals surface area contributed by atoms with E-state index in [1.54, 1.807) is 23.6 Å². The number of thiazole rings is 1. The van der Waals surface area contributed by atoms with E-state index in [1.165, 1.54) is 23.0 Å². The third kappa shape index (κ3) is 6.20. The van der Waals surface area contributed by atoms with Gasteiger partial charge in [-0.25, -0.2) is 9.37 Å². The maximum absolute atomic E-state index is 13.7. The summed E-state index contributed by atoms with van der Waals surface area (Å²) in [5.41, 5.74) is 2.21. The van der Waals surface area contributed by atoms with Gasteiger partial charge in [0.15, 0.2) is 11.6 Å². The zero-order valence-electron chi connectivity index (χ0n) is 19.1. The molecule has 2 N–H and O–H groups in total. The highest BCUT2D eigenvalue weighted by molar-refractivity contribution is 7.09. The third-order valence-corrected chi connectivity index (χ3v) is 6.82. The van der Waals surface area contributed by atoms with Crippen LogP contribution in [0.15, 0.2) is 53.9 Å². The molecule has 0 spiro atoms. The quantitative estimate of drug-likeness (QED) is 0.480. The van der Waals surface area contributed by atoms with Gasteiger partial charge in [-0.3, -0.25) is 9.59 Å². The highest BCUT2D eigenvalue weighted by Gasteiger charge is 2.25. The fourth-order valence-electron chi connectivity index (χ4n) is 3.98. The first kappa shape index (κ1) is 23.9. The van der Waals surface area contributed by atoms with E-state index in [1.807, 2.05) is 24.3 Å². The van der Waals surface area contributed by atoms with Gasteiger partial charge in [-0.2, -0.15) is 0 Å². The maximum atomic E-state index is 13.7. The number of hydrogen-bond acceptors (Lipinski definition) is 5. The van der Waals surface area contributed by atoms with Crippen LogP contribution in [0, 0.1) is 5.82 Å². The molecule has 1 heterocycles. The van der Waals surface area contributed by atoms with E-state index < -0.39 is 5.82 Å². The van der Waals surface area contributed by atoms with Gasteiger partial charge >= 0.3 is 0 Å². The lowest BCUT2D eigenvalue weighted by Gasteiger charge is -2.29. The minimum absolute atomic E-state index is 0.0457. The van der Waals surface area contributed by atoms with Crippen molar-refractivity contribution in [3.63, 3.8) is 0 Å². The van der Waals surface area contributed by atoms with Crippen molar-refractivity contribution in [2.75, 3.05) is 0 Å². The van der Waals surface area contributed by atoms with Crippen molar-refractivity contribution in [3.05, 3.63) is 81.6 Å². The number of para-hydroxylation sites is 1. The number of ether oxygens (including phenoxy) is 1. The fourth-order valence-corrected chi connectivity index (χ4v) is 4.67. The van der Waals surface area contributed by atoms with Gasteiger partial charge in [0, 0.05) is 23.0 Å². The molecule has 8 heteroatoms. The topological polar surface area (TPSA) is 80.3 Å². The Morgan fingerprint density at radius 2 is 1.65 bits per heavy atom. The van der Waals surface area contributed by atoms with Gasteiger partial charge in [0.05, 0.1) is 0 Å². The molecule has 0 bridgehead atoms. The van der Waals surface area contributed by atoms with Crippen LogP contribution in [0.3, 0.4) is 0 Å². The first-order chi connectivity index (χ1) is 16.5. The van der Waals surface area contributed by atoms with E-state index in [0.717, 1.165) is 32.1 Å². The Hall–Kier alpha value is -3.26. The van der Waals surface area contributed by atoms with Crippen LogP contribution >= 0.6 is 11.3 Å². The molecule has 0 atom stereocenters. The number of hydrogen-bond donors (Lipinski definition) is 2. The zero-order chi connectivity index (χ0) is 23.9. The van der Waals surface area contributed by atoms with Gasteiger partial charge in [-0.05, 0) is 61.9 Å². The van der Waals surface area contributed by atoms with Crippen LogP contribution in [0.1, 0.15) is 64.0 Å². The van der Waals surface area contributed by atoms with E-state index >= 15 is 0 Å². The van der Waals surface area contributed by atoms with Gasteiger partial charge in [-0.15, -0.1) is 11.3 Å². The zero-order valence-corrected chi connectivity index (χ0v) is 19.9. The second-order valence-electron chi connectivity index (χ2n) is 8.39. The van der Waals surface area contributed by atoms with Crippen LogP contribution < -0.4 is 15.4 Å². The first-order valence-corrected chi connectivity index (χ1v) is 12.4. The molecule has 0 unspecified atom stereocenters. The molecule has 6 nitrogen and oxygen atoms in total. The van der Waals surface area contributed by atoms with Crippen LogP contribution in [0.2, 0.25) is 0 Å². The predicted molar refractivity (Wildman–Crippen MR) is 130 cm³/mol. The molecule has 2 amide bonds. The standard InChI is InChI=1S/C26H28FN3O3S/c1-2-17-7-9-18(10-8-17)25(31)28-19-11-13-20(14-12-19)29-26(32)22-16-34-24(30-22)15-33-23-6-4-3-5-21(23)27/h3-10,16,19-20H,2,11-15H2,1H3,(H,28,31)(H,29,32). The number of nitrogens with zero attached hydrogens (tertiary/aromatic N) is 1. The molecule has 1 aromatic heterocycles. The second kappa shape index (κ2) is 11.2. The lowest BCUT2D eigenvalue weighted by Crippen LogP contribution is -2.43. The van der Waals surface area contributed by atoms with Crippen molar-refractivity contribution >= 4 is 23.2 Å². The lowest BCUT2D eigenvalue weighted by molar-refractivity contribution is 0.0889. The Bertz CT molecular complexity index is 1120. The molecular weight excluding hydrogens is 453 g/mol. The van der Waals surface area contributed by atoms with Crippen molar-refractivity contribution in [2.24, 2.45) is 0 Å². The summed E-state index contributed by atoms with van der Waals surface area (Å²) in [7, 11) is 0. The molecule has 3 aromatic rings. The molecule has 0 saturated heterocycles. The summed E-state index contributed by atoms with van der Waals surface area (Å²) in [6, 6.07) is 14.0. The molecule has 0 aliphatic heterocycles. The predicted octanol–water partition coefficient (Wildman–Crippen LogP) is 4.89. The largest absolute Gasteiger partial charge is 0.483 e. The van der Waals surface area contributed by atoms with E-state index in [0.29, 0.717) is 16.3 Å². The summed E-state index contributed by atoms with van der Waals surface area (Å²) in [4.78, 5) is 29.4. The molecule has 1 fully saturated rings. The second-order valence-corrected chi connectivity index (χ2v) is 9.33. The Morgan fingerprint density at radius 1 is 1.00 bits per heavy atom. The fraction of sp³-hybridized carbons (Fsp3) is 0.346. The molecule has 0 radical (unpaired) electrons. The van der Waals surface area contributed by atoms with Crippen LogP contribution in [0.5, 0.6) is 5.75 Å². The van der Waals surface area contributed by atoms with Gasteiger partial charge in [0.1, 0.15) is 17.3 Å². The number of carbonyl (C=O) groups excluding carboxylic acids is 2. The molecule has 178 valence electrons. The van der Waals surface area contributed by atoms with Crippen LogP contribution in [0.4, 0.5) is 4.39 Å². The Morgan fingerprint density at radius 3 is 2.29 bits per heavy atom. The monoisotopic (exact) mass is 481 g/mol. The summed E-state index contributed by atoms with van der Waals surface area (Å²) in [5, 5.41) is 8.44. The highest BCUT2D eigenvalue weighted by Crippen LogP contribution is 2.21. The summed E-state index contributed by atoms with van der Waals surface area (Å²) >= 11 is 1.31. The first-order valence-electron chi connectivity index (χ1n) is 11.5. The molecule has 34 heavy (non-hydrogen) atoms. The van der Waals surface area contributed by atoms with Crippen molar-refractivity contribution in [1.82, 2.24) is 15.6 Å². The molecule has 2 aromatic carbocycles. The summed E-state index contributed by atoms with van der Waals surface area (Å²) in [6.07, 6.45) is 4.14. The molecular formula is C26H28FN3O3S. The van der Waals surface area contributed by atoms with E-state index in [-0.39, 0.29) is 36.3 Å². The van der Waals surface area contributed by atoms with Gasteiger partial charge < -0.3 is 15.4 Å². The molecule has 4 rings (SSSR count). The maximum Gasteiger partial charge on any atom is 0.270 e. The summed E-state index contributed by atoms with van der Waals surface area (Å²) in [6.45, 7) is 2.19. The smallest absolute Gasteiger partial charge is 0.270 e. The number of nitrogens with one attached hydrogen (secondary N) is 2. The SMILES string of the molecule is CCc1ccc(C(=O)NC2CCC(NC(=O)c3csc(COc4ccccc4F)n3)CC2)cc1. The molecule has 1 aliphatic carbocycles. The minimum Gasteiger partial charge on any atom is -0.483 e. The van der Waals surface area contributed by atoms with Crippen LogP contribution in [-0.2, 0) is 13.0 Å². The van der Waals surface area contributed by atoms with E-state index in [9.17, 15) is 14.0 Å². The number of amides is 2. The third-order valence-electron chi connectivity index (χ3n) is 5.99. The van der Waals surface area contributed by atoms with Gasteiger partial charge in [0.2, 0.25) is 0 Å². The number of aromatic nitrogens is 1. The number of halogens is 1. The van der Waals surface area contributed by atoms with Crippen LogP contribution in [0.25, 0.3) is 0 Å². The summed E-state index contributed by atoms with van der Waals surface area (Å²) in [5.74, 6) is -0.552.